The lowest BCUT2D eigenvalue weighted by Gasteiger charge is -2.12. The van der Waals surface area contributed by atoms with Crippen LogP contribution in [-0.4, -0.2) is 15.8 Å². The molecule has 2 aromatic rings. The monoisotopic (exact) mass is 288 g/mol. The second-order valence-corrected chi connectivity index (χ2v) is 6.56. The summed E-state index contributed by atoms with van der Waals surface area (Å²) in [6, 6.07) is 3.68. The molecular weight excluding hydrogens is 272 g/mol. The molecule has 0 radical (unpaired) electrons. The van der Waals surface area contributed by atoms with Crippen molar-refractivity contribution >= 4 is 29.3 Å². The summed E-state index contributed by atoms with van der Waals surface area (Å²) in [5.74, 6) is -0.0112. The molecule has 0 aliphatic heterocycles. The zero-order valence-electron chi connectivity index (χ0n) is 11.6. The summed E-state index contributed by atoms with van der Waals surface area (Å²) in [6.07, 6.45) is 6.61. The third-order valence-electron chi connectivity index (χ3n) is 2.66. The first-order chi connectivity index (χ1) is 9.36. The van der Waals surface area contributed by atoms with Gasteiger partial charge in [-0.2, -0.15) is 0 Å². The predicted octanol–water partition coefficient (Wildman–Crippen LogP) is 1.06. The molecular formula is C15H16N2O2S. The Morgan fingerprint density at radius 2 is 2.15 bits per heavy atom. The van der Waals surface area contributed by atoms with Crippen molar-refractivity contribution in [1.29, 1.82) is 0 Å². The van der Waals surface area contributed by atoms with E-state index in [0.29, 0.717) is 9.20 Å². The van der Waals surface area contributed by atoms with E-state index in [2.05, 4.69) is 9.97 Å². The number of nitrogens with one attached hydrogen (secondary N) is 1. The zero-order chi connectivity index (χ0) is 14.8. The number of thiazole rings is 1. The molecule has 5 heteroatoms. The van der Waals surface area contributed by atoms with Gasteiger partial charge in [-0.15, -0.1) is 11.3 Å². The number of pyridine rings is 1. The van der Waals surface area contributed by atoms with Gasteiger partial charge in [-0.05, 0) is 17.7 Å². The quantitative estimate of drug-likeness (QED) is 0.898. The van der Waals surface area contributed by atoms with Crippen molar-refractivity contribution in [2.24, 2.45) is 5.41 Å². The molecule has 0 saturated heterocycles. The highest BCUT2D eigenvalue weighted by atomic mass is 32.1. The van der Waals surface area contributed by atoms with Crippen LogP contribution in [0.3, 0.4) is 0 Å². The largest absolute Gasteiger partial charge is 0.313 e. The molecule has 0 unspecified atom stereocenters. The summed E-state index contributed by atoms with van der Waals surface area (Å²) in [4.78, 5) is 30.5. The molecule has 0 aliphatic rings. The van der Waals surface area contributed by atoms with Gasteiger partial charge >= 0.3 is 0 Å². The van der Waals surface area contributed by atoms with Gasteiger partial charge in [0.05, 0.1) is 9.20 Å². The maximum atomic E-state index is 11.9. The fraction of sp³-hybridized carbons (Fsp3) is 0.267. The highest BCUT2D eigenvalue weighted by molar-refractivity contribution is 7.07. The van der Waals surface area contributed by atoms with E-state index in [1.54, 1.807) is 18.5 Å². The number of hydrogen-bond donors (Lipinski definition) is 1. The van der Waals surface area contributed by atoms with Gasteiger partial charge in [-0.25, -0.2) is 0 Å². The maximum Gasteiger partial charge on any atom is 0.266 e. The second-order valence-electron chi connectivity index (χ2n) is 5.47. The van der Waals surface area contributed by atoms with Gasteiger partial charge < -0.3 is 4.98 Å². The maximum absolute atomic E-state index is 11.9. The van der Waals surface area contributed by atoms with E-state index in [9.17, 15) is 9.59 Å². The fourth-order valence-electron chi connectivity index (χ4n) is 1.47. The molecule has 0 spiro atoms. The van der Waals surface area contributed by atoms with Gasteiger partial charge in [0, 0.05) is 23.9 Å². The molecule has 2 heterocycles. The Labute approximate surface area is 120 Å². The summed E-state index contributed by atoms with van der Waals surface area (Å²) in [6.45, 7) is 5.54. The number of hydrogen-bond acceptors (Lipinski definition) is 4. The molecule has 0 saturated carbocycles. The van der Waals surface area contributed by atoms with Crippen LogP contribution < -0.4 is 14.8 Å². The topological polar surface area (TPSA) is 62.8 Å². The summed E-state index contributed by atoms with van der Waals surface area (Å²) < 4.78 is 1.14. The number of aromatic amines is 1. The van der Waals surface area contributed by atoms with Crippen molar-refractivity contribution in [3.63, 3.8) is 0 Å². The Morgan fingerprint density at radius 3 is 2.75 bits per heavy atom. The summed E-state index contributed by atoms with van der Waals surface area (Å²) in [5, 5.41) is 0. The van der Waals surface area contributed by atoms with Crippen LogP contribution in [0.25, 0.3) is 12.2 Å². The van der Waals surface area contributed by atoms with E-state index in [1.165, 1.54) is 17.4 Å². The smallest absolute Gasteiger partial charge is 0.266 e. The van der Waals surface area contributed by atoms with Crippen LogP contribution in [0.5, 0.6) is 0 Å². The first-order valence-electron chi connectivity index (χ1n) is 6.23. The predicted molar refractivity (Wildman–Crippen MR) is 80.9 cm³/mol. The lowest BCUT2D eigenvalue weighted by molar-refractivity contribution is -0.119. The van der Waals surface area contributed by atoms with E-state index < -0.39 is 5.41 Å². The third kappa shape index (κ3) is 3.51. The molecule has 20 heavy (non-hydrogen) atoms. The van der Waals surface area contributed by atoms with Gasteiger partial charge in [0.2, 0.25) is 0 Å². The van der Waals surface area contributed by atoms with Crippen LogP contribution in [0.15, 0.2) is 29.3 Å². The molecule has 0 bridgehead atoms. The Balaban J connectivity index is 2.46. The number of rotatable bonds is 2. The van der Waals surface area contributed by atoms with Gasteiger partial charge in [-0.3, -0.25) is 14.6 Å². The minimum absolute atomic E-state index is 0.0112. The van der Waals surface area contributed by atoms with E-state index in [1.807, 2.05) is 32.9 Å². The third-order valence-corrected chi connectivity index (χ3v) is 3.63. The molecule has 0 aliphatic carbocycles. The molecule has 0 amide bonds. The Kier molecular flexibility index (Phi) is 3.99. The number of carbonyl (C=O) groups is 1. The van der Waals surface area contributed by atoms with Crippen molar-refractivity contribution in [3.8, 4) is 0 Å². The highest BCUT2D eigenvalue weighted by Gasteiger charge is 2.18. The molecule has 1 N–H and O–H groups in total. The van der Waals surface area contributed by atoms with E-state index >= 15 is 0 Å². The highest BCUT2D eigenvalue weighted by Crippen LogP contribution is 2.14. The minimum atomic E-state index is -0.450. The first-order valence-corrected chi connectivity index (χ1v) is 7.05. The molecule has 2 aromatic heterocycles. The van der Waals surface area contributed by atoms with Crippen molar-refractivity contribution < 1.29 is 4.79 Å². The standard InChI is InChI=1S/C15H16N2O2S/c1-15(2,3)12(18)8-13-17-14(19)11(20-13)7-10-5-4-6-16-9-10/h4-9H,1-3H3,(H,17,19). The average Bonchev–Trinajstić information content (AvgIpc) is 2.70. The first kappa shape index (κ1) is 14.4. The van der Waals surface area contributed by atoms with E-state index in [4.69, 9.17) is 0 Å². The number of nitrogens with zero attached hydrogens (tertiary/aromatic N) is 1. The van der Waals surface area contributed by atoms with Crippen molar-refractivity contribution in [1.82, 2.24) is 9.97 Å². The number of Topliss-reactive ketones (excluding diaryl/α,β-unsaturated/α-hetero) is 1. The van der Waals surface area contributed by atoms with Gasteiger partial charge in [-0.1, -0.05) is 26.8 Å². The number of H-pyrrole nitrogens is 1. The van der Waals surface area contributed by atoms with E-state index in [-0.39, 0.29) is 11.3 Å². The number of carbonyl (C=O) groups excluding carboxylic acids is 1. The van der Waals surface area contributed by atoms with E-state index in [0.717, 1.165) is 5.56 Å². The second kappa shape index (κ2) is 5.54. The van der Waals surface area contributed by atoms with Crippen molar-refractivity contribution in [3.05, 3.63) is 49.6 Å². The van der Waals surface area contributed by atoms with Crippen LogP contribution in [0.4, 0.5) is 0 Å². The number of ketones is 1. The lowest BCUT2D eigenvalue weighted by atomic mass is 9.91. The van der Waals surface area contributed by atoms with Crippen LogP contribution in [0, 0.1) is 5.41 Å². The van der Waals surface area contributed by atoms with Gasteiger partial charge in [0.15, 0.2) is 5.78 Å². The summed E-state index contributed by atoms with van der Waals surface area (Å²) in [5.41, 5.74) is 0.217. The minimum Gasteiger partial charge on any atom is -0.313 e. The van der Waals surface area contributed by atoms with Crippen LogP contribution in [-0.2, 0) is 4.79 Å². The fourth-order valence-corrected chi connectivity index (χ4v) is 2.36. The molecule has 2 rings (SSSR count). The SMILES string of the molecule is CC(C)(C)C(=O)C=c1[nH]c(=O)c(=Cc2cccnc2)s1. The average molecular weight is 288 g/mol. The summed E-state index contributed by atoms with van der Waals surface area (Å²) in [7, 11) is 0. The normalized spacial score (nSPS) is 13.8. The van der Waals surface area contributed by atoms with Crippen molar-refractivity contribution in [2.75, 3.05) is 0 Å². The van der Waals surface area contributed by atoms with Crippen LogP contribution in [0.2, 0.25) is 0 Å². The summed E-state index contributed by atoms with van der Waals surface area (Å²) >= 11 is 1.27. The van der Waals surface area contributed by atoms with Gasteiger partial charge in [0.1, 0.15) is 0 Å². The lowest BCUT2D eigenvalue weighted by Crippen LogP contribution is -2.22. The molecule has 104 valence electrons. The zero-order valence-corrected chi connectivity index (χ0v) is 12.5. The van der Waals surface area contributed by atoms with Gasteiger partial charge in [0.25, 0.3) is 5.56 Å². The number of aromatic nitrogens is 2. The molecule has 0 fully saturated rings. The molecule has 0 atom stereocenters. The van der Waals surface area contributed by atoms with Crippen LogP contribution >= 0.6 is 11.3 Å². The van der Waals surface area contributed by atoms with Crippen LogP contribution in [0.1, 0.15) is 26.3 Å². The Hall–Kier alpha value is -2.01. The molecule has 0 aromatic carbocycles. The Bertz CT molecular complexity index is 780. The van der Waals surface area contributed by atoms with Crippen molar-refractivity contribution in [2.45, 2.75) is 20.8 Å². The molecule has 4 nitrogen and oxygen atoms in total. The Morgan fingerprint density at radius 1 is 1.40 bits per heavy atom.